The quantitative estimate of drug-likeness (QED) is 0.569. The van der Waals surface area contributed by atoms with E-state index in [1.165, 1.54) is 0 Å². The van der Waals surface area contributed by atoms with E-state index in [1.807, 2.05) is 28.1 Å². The molecule has 0 aromatic rings. The fraction of sp³-hybridized carbons (Fsp3) is 1.00. The molecule has 0 saturated carbocycles. The lowest BCUT2D eigenvalue weighted by atomic mass is 10.3. The molecule has 0 rings (SSSR count). The highest BCUT2D eigenvalue weighted by atomic mass is 16.5. The van der Waals surface area contributed by atoms with Crippen molar-refractivity contribution < 1.29 is 19.4 Å². The van der Waals surface area contributed by atoms with Crippen molar-refractivity contribution in [2.45, 2.75) is 25.6 Å². The predicted molar refractivity (Wildman–Crippen MR) is 56.0 cm³/mol. The van der Waals surface area contributed by atoms with Gasteiger partial charge >= 0.3 is 0 Å². The SMILES string of the molecule is CCC(O)COCC(O)C[N+](C)(C)C. The Hall–Kier alpha value is -0.160. The van der Waals surface area contributed by atoms with Crippen molar-refractivity contribution in [1.82, 2.24) is 0 Å². The van der Waals surface area contributed by atoms with E-state index in [0.717, 1.165) is 0 Å². The third-order valence-corrected chi connectivity index (χ3v) is 1.85. The lowest BCUT2D eigenvalue weighted by molar-refractivity contribution is -0.873. The van der Waals surface area contributed by atoms with E-state index in [9.17, 15) is 10.2 Å². The number of likely N-dealkylation sites (N-methyl/N-ethyl adjacent to an activating group) is 1. The molecule has 0 aromatic carbocycles. The van der Waals surface area contributed by atoms with E-state index in [2.05, 4.69) is 0 Å². The monoisotopic (exact) mass is 206 g/mol. The van der Waals surface area contributed by atoms with Gasteiger partial charge in [0.1, 0.15) is 12.6 Å². The molecule has 0 bridgehead atoms. The van der Waals surface area contributed by atoms with Crippen LogP contribution in [0.25, 0.3) is 0 Å². The Morgan fingerprint density at radius 3 is 2.00 bits per heavy atom. The van der Waals surface area contributed by atoms with Gasteiger partial charge in [0.05, 0.1) is 40.5 Å². The maximum atomic E-state index is 9.55. The van der Waals surface area contributed by atoms with Crippen LogP contribution in [0.2, 0.25) is 0 Å². The second kappa shape index (κ2) is 6.35. The van der Waals surface area contributed by atoms with E-state index >= 15 is 0 Å². The molecule has 0 amide bonds. The van der Waals surface area contributed by atoms with Gasteiger partial charge in [-0.05, 0) is 6.42 Å². The molecular formula is C10H24NO3+. The van der Waals surface area contributed by atoms with Gasteiger partial charge in [0, 0.05) is 0 Å². The Kier molecular flexibility index (Phi) is 6.27. The maximum Gasteiger partial charge on any atom is 0.126 e. The second-order valence-corrected chi connectivity index (χ2v) is 4.73. The summed E-state index contributed by atoms with van der Waals surface area (Å²) in [6.07, 6.45) is -0.184. The summed E-state index contributed by atoms with van der Waals surface area (Å²) in [4.78, 5) is 0. The summed E-state index contributed by atoms with van der Waals surface area (Å²) in [6, 6.07) is 0. The topological polar surface area (TPSA) is 49.7 Å². The summed E-state index contributed by atoms with van der Waals surface area (Å²) in [6.45, 7) is 3.16. The summed E-state index contributed by atoms with van der Waals surface area (Å²) in [7, 11) is 6.05. The van der Waals surface area contributed by atoms with Crippen LogP contribution in [0.5, 0.6) is 0 Å². The third kappa shape index (κ3) is 8.44. The van der Waals surface area contributed by atoms with Gasteiger partial charge in [0.2, 0.25) is 0 Å². The molecular weight excluding hydrogens is 182 g/mol. The number of rotatable bonds is 7. The number of aliphatic hydroxyl groups is 2. The van der Waals surface area contributed by atoms with Crippen LogP contribution in [0.1, 0.15) is 13.3 Å². The highest BCUT2D eigenvalue weighted by Gasteiger charge is 2.15. The number of quaternary nitrogens is 1. The van der Waals surface area contributed by atoms with Crippen molar-refractivity contribution in [3.8, 4) is 0 Å². The van der Waals surface area contributed by atoms with Crippen molar-refractivity contribution in [2.75, 3.05) is 40.9 Å². The van der Waals surface area contributed by atoms with Crippen molar-refractivity contribution in [1.29, 1.82) is 0 Å². The molecule has 14 heavy (non-hydrogen) atoms. The molecule has 0 aromatic heterocycles. The van der Waals surface area contributed by atoms with Crippen molar-refractivity contribution in [3.63, 3.8) is 0 Å². The van der Waals surface area contributed by atoms with Gasteiger partial charge < -0.3 is 19.4 Å². The average Bonchev–Trinajstić information content (AvgIpc) is 2.00. The van der Waals surface area contributed by atoms with Gasteiger partial charge in [-0.2, -0.15) is 0 Å². The lowest BCUT2D eigenvalue weighted by Crippen LogP contribution is -2.43. The summed E-state index contributed by atoms with van der Waals surface area (Å²) < 4.78 is 5.89. The summed E-state index contributed by atoms with van der Waals surface area (Å²) in [5, 5.41) is 18.7. The maximum absolute atomic E-state index is 9.55. The van der Waals surface area contributed by atoms with E-state index in [4.69, 9.17) is 4.74 Å². The van der Waals surface area contributed by atoms with Crippen LogP contribution in [-0.4, -0.2) is 67.8 Å². The molecule has 0 heterocycles. The van der Waals surface area contributed by atoms with Crippen LogP contribution in [0, 0.1) is 0 Å². The largest absolute Gasteiger partial charge is 0.391 e. The summed E-state index contributed by atoms with van der Waals surface area (Å²) in [5.41, 5.74) is 0. The van der Waals surface area contributed by atoms with Gasteiger partial charge in [-0.15, -0.1) is 0 Å². The van der Waals surface area contributed by atoms with E-state index < -0.39 is 12.2 Å². The predicted octanol–water partition coefficient (Wildman–Crippen LogP) is -0.159. The van der Waals surface area contributed by atoms with E-state index in [1.54, 1.807) is 0 Å². The van der Waals surface area contributed by atoms with Crippen LogP contribution < -0.4 is 0 Å². The number of ether oxygens (including phenoxy) is 1. The van der Waals surface area contributed by atoms with Crippen LogP contribution in [0.3, 0.4) is 0 Å². The molecule has 4 nitrogen and oxygen atoms in total. The molecule has 0 radical (unpaired) electrons. The molecule has 2 N–H and O–H groups in total. The van der Waals surface area contributed by atoms with Crippen LogP contribution >= 0.6 is 0 Å². The Bertz CT molecular complexity index is 145. The van der Waals surface area contributed by atoms with Crippen LogP contribution in [-0.2, 0) is 4.74 Å². The first kappa shape index (κ1) is 13.8. The fourth-order valence-electron chi connectivity index (χ4n) is 1.14. The van der Waals surface area contributed by atoms with Crippen molar-refractivity contribution in [2.24, 2.45) is 0 Å². The minimum absolute atomic E-state index is 0.298. The van der Waals surface area contributed by atoms with E-state index in [-0.39, 0.29) is 0 Å². The average molecular weight is 206 g/mol. The third-order valence-electron chi connectivity index (χ3n) is 1.85. The normalized spacial score (nSPS) is 16.7. The molecule has 2 atom stereocenters. The number of aliphatic hydroxyl groups excluding tert-OH is 2. The minimum atomic E-state index is -0.459. The molecule has 0 aliphatic heterocycles. The van der Waals surface area contributed by atoms with Crippen LogP contribution in [0.4, 0.5) is 0 Å². The first-order valence-electron chi connectivity index (χ1n) is 5.09. The lowest BCUT2D eigenvalue weighted by Gasteiger charge is -2.26. The van der Waals surface area contributed by atoms with Gasteiger partial charge in [0.25, 0.3) is 0 Å². The molecule has 86 valence electrons. The first-order valence-corrected chi connectivity index (χ1v) is 5.09. The minimum Gasteiger partial charge on any atom is -0.391 e. The standard InChI is InChI=1S/C10H24NO3/c1-5-9(12)7-14-8-10(13)6-11(2,3)4/h9-10,12-13H,5-8H2,1-4H3/q+1. The van der Waals surface area contributed by atoms with Gasteiger partial charge in [-0.25, -0.2) is 0 Å². The molecule has 4 heteroatoms. The second-order valence-electron chi connectivity index (χ2n) is 4.73. The molecule has 0 spiro atoms. The highest BCUT2D eigenvalue weighted by molar-refractivity contribution is 4.54. The Morgan fingerprint density at radius 2 is 1.57 bits per heavy atom. The highest BCUT2D eigenvalue weighted by Crippen LogP contribution is 1.97. The number of hydrogen-bond donors (Lipinski definition) is 2. The Labute approximate surface area is 86.7 Å². The first-order chi connectivity index (χ1) is 6.35. The van der Waals surface area contributed by atoms with Crippen molar-refractivity contribution >= 4 is 0 Å². The van der Waals surface area contributed by atoms with Gasteiger partial charge in [-0.3, -0.25) is 0 Å². The zero-order chi connectivity index (χ0) is 11.2. The van der Waals surface area contributed by atoms with Gasteiger partial charge in [0.15, 0.2) is 0 Å². The zero-order valence-corrected chi connectivity index (χ0v) is 9.73. The number of nitrogens with zero attached hydrogens (tertiary/aromatic N) is 1. The smallest absolute Gasteiger partial charge is 0.126 e. The summed E-state index contributed by atoms with van der Waals surface area (Å²) in [5.74, 6) is 0. The van der Waals surface area contributed by atoms with Gasteiger partial charge in [-0.1, -0.05) is 6.92 Å². The van der Waals surface area contributed by atoms with Crippen LogP contribution in [0.15, 0.2) is 0 Å². The molecule has 0 aliphatic rings. The Morgan fingerprint density at radius 1 is 1.07 bits per heavy atom. The van der Waals surface area contributed by atoms with E-state index in [0.29, 0.717) is 30.7 Å². The molecule has 2 unspecified atom stereocenters. The Balaban J connectivity index is 3.50. The zero-order valence-electron chi connectivity index (χ0n) is 9.73. The molecule has 0 fully saturated rings. The molecule has 0 saturated heterocycles. The van der Waals surface area contributed by atoms with Crippen molar-refractivity contribution in [3.05, 3.63) is 0 Å². The number of hydrogen-bond acceptors (Lipinski definition) is 3. The summed E-state index contributed by atoms with van der Waals surface area (Å²) >= 11 is 0. The molecule has 0 aliphatic carbocycles. The fourth-order valence-corrected chi connectivity index (χ4v) is 1.14.